The quantitative estimate of drug-likeness (QED) is 0.624. The standard InChI is InChI=1S/C13H20N2O3/c1-9-6-12(15(17)18)10(2)5-11(9)14-7-13(3,4)8-16/h5-6,14,16H,7-8H2,1-4H3. The van der Waals surface area contributed by atoms with Crippen LogP contribution in [-0.4, -0.2) is 23.2 Å². The Morgan fingerprint density at radius 1 is 1.33 bits per heavy atom. The number of aliphatic hydroxyl groups is 1. The summed E-state index contributed by atoms with van der Waals surface area (Å²) >= 11 is 0. The first-order valence-electron chi connectivity index (χ1n) is 5.87. The molecule has 0 aliphatic carbocycles. The number of rotatable bonds is 5. The molecule has 0 saturated carbocycles. The van der Waals surface area contributed by atoms with Gasteiger partial charge in [-0.3, -0.25) is 10.1 Å². The summed E-state index contributed by atoms with van der Waals surface area (Å²) in [6, 6.07) is 3.35. The minimum Gasteiger partial charge on any atom is -0.396 e. The predicted octanol–water partition coefficient (Wildman–Crippen LogP) is 2.64. The summed E-state index contributed by atoms with van der Waals surface area (Å²) in [5.41, 5.74) is 2.26. The number of hydrogen-bond acceptors (Lipinski definition) is 4. The van der Waals surface area contributed by atoms with Gasteiger partial charge < -0.3 is 10.4 Å². The van der Waals surface area contributed by atoms with Gasteiger partial charge in [0, 0.05) is 35.9 Å². The van der Waals surface area contributed by atoms with Crippen LogP contribution in [0.4, 0.5) is 11.4 Å². The van der Waals surface area contributed by atoms with Crippen molar-refractivity contribution in [2.45, 2.75) is 27.7 Å². The molecular weight excluding hydrogens is 232 g/mol. The zero-order valence-corrected chi connectivity index (χ0v) is 11.3. The number of aryl methyl sites for hydroxylation is 2. The van der Waals surface area contributed by atoms with E-state index in [9.17, 15) is 15.2 Å². The molecule has 2 N–H and O–H groups in total. The molecule has 0 radical (unpaired) electrons. The molecule has 0 aliphatic rings. The minimum absolute atomic E-state index is 0.0883. The Balaban J connectivity index is 2.92. The molecule has 0 aliphatic heterocycles. The second kappa shape index (κ2) is 5.35. The van der Waals surface area contributed by atoms with Crippen LogP contribution in [0.25, 0.3) is 0 Å². The summed E-state index contributed by atoms with van der Waals surface area (Å²) < 4.78 is 0. The Labute approximate surface area is 107 Å². The Hall–Kier alpha value is -1.62. The highest BCUT2D eigenvalue weighted by Crippen LogP contribution is 2.27. The van der Waals surface area contributed by atoms with Gasteiger partial charge in [-0.15, -0.1) is 0 Å². The van der Waals surface area contributed by atoms with E-state index >= 15 is 0 Å². The van der Waals surface area contributed by atoms with Crippen molar-refractivity contribution in [2.24, 2.45) is 5.41 Å². The SMILES string of the molecule is Cc1cc([N+](=O)[O-])c(C)cc1NCC(C)(C)CO. The summed E-state index contributed by atoms with van der Waals surface area (Å²) in [6.07, 6.45) is 0. The van der Waals surface area contributed by atoms with Gasteiger partial charge in [-0.25, -0.2) is 0 Å². The molecule has 1 rings (SSSR count). The van der Waals surface area contributed by atoms with Gasteiger partial charge in [0.2, 0.25) is 0 Å². The van der Waals surface area contributed by atoms with E-state index in [2.05, 4.69) is 5.32 Å². The van der Waals surface area contributed by atoms with Gasteiger partial charge in [-0.05, 0) is 25.5 Å². The highest BCUT2D eigenvalue weighted by molar-refractivity contribution is 5.59. The fraction of sp³-hybridized carbons (Fsp3) is 0.538. The lowest BCUT2D eigenvalue weighted by molar-refractivity contribution is -0.385. The predicted molar refractivity (Wildman–Crippen MR) is 71.9 cm³/mol. The molecule has 0 amide bonds. The highest BCUT2D eigenvalue weighted by atomic mass is 16.6. The number of anilines is 1. The highest BCUT2D eigenvalue weighted by Gasteiger charge is 2.18. The summed E-state index contributed by atoms with van der Waals surface area (Å²) in [6.45, 7) is 8.16. The first kappa shape index (κ1) is 14.4. The number of benzene rings is 1. The fourth-order valence-electron chi connectivity index (χ4n) is 1.58. The topological polar surface area (TPSA) is 75.4 Å². The summed E-state index contributed by atoms with van der Waals surface area (Å²) in [4.78, 5) is 10.4. The van der Waals surface area contributed by atoms with E-state index in [1.165, 1.54) is 0 Å². The lowest BCUT2D eigenvalue weighted by Crippen LogP contribution is -2.27. The molecule has 100 valence electrons. The normalized spacial score (nSPS) is 11.4. The van der Waals surface area contributed by atoms with Crippen molar-refractivity contribution in [1.29, 1.82) is 0 Å². The molecule has 1 aromatic carbocycles. The number of hydrogen-bond donors (Lipinski definition) is 2. The van der Waals surface area contributed by atoms with Crippen molar-refractivity contribution >= 4 is 11.4 Å². The van der Waals surface area contributed by atoms with Crippen molar-refractivity contribution in [3.8, 4) is 0 Å². The largest absolute Gasteiger partial charge is 0.396 e. The van der Waals surface area contributed by atoms with Crippen LogP contribution in [0.3, 0.4) is 0 Å². The first-order valence-corrected chi connectivity index (χ1v) is 5.87. The number of nitro groups is 1. The number of nitrogens with one attached hydrogen (secondary N) is 1. The van der Waals surface area contributed by atoms with E-state index in [0.717, 1.165) is 11.3 Å². The van der Waals surface area contributed by atoms with Crippen molar-refractivity contribution in [2.75, 3.05) is 18.5 Å². The zero-order chi connectivity index (χ0) is 13.9. The van der Waals surface area contributed by atoms with Crippen LogP contribution in [-0.2, 0) is 0 Å². The number of nitro benzene ring substituents is 1. The third-order valence-corrected chi connectivity index (χ3v) is 2.93. The Kier molecular flexibility index (Phi) is 4.29. The molecule has 0 bridgehead atoms. The molecule has 18 heavy (non-hydrogen) atoms. The second-order valence-electron chi connectivity index (χ2n) is 5.39. The van der Waals surface area contributed by atoms with Crippen molar-refractivity contribution in [3.63, 3.8) is 0 Å². The van der Waals surface area contributed by atoms with Crippen LogP contribution in [0.2, 0.25) is 0 Å². The number of nitrogens with zero attached hydrogens (tertiary/aromatic N) is 1. The molecular formula is C13H20N2O3. The summed E-state index contributed by atoms with van der Waals surface area (Å²) in [5, 5.41) is 23.2. The van der Waals surface area contributed by atoms with E-state index < -0.39 is 0 Å². The molecule has 5 nitrogen and oxygen atoms in total. The van der Waals surface area contributed by atoms with E-state index in [-0.39, 0.29) is 22.6 Å². The van der Waals surface area contributed by atoms with Crippen LogP contribution in [0.5, 0.6) is 0 Å². The molecule has 1 aromatic rings. The smallest absolute Gasteiger partial charge is 0.272 e. The molecule has 0 atom stereocenters. The molecule has 0 fully saturated rings. The molecule has 5 heteroatoms. The van der Waals surface area contributed by atoms with Crippen LogP contribution >= 0.6 is 0 Å². The lowest BCUT2D eigenvalue weighted by atomic mass is 9.94. The van der Waals surface area contributed by atoms with Crippen molar-refractivity contribution < 1.29 is 10.0 Å². The monoisotopic (exact) mass is 252 g/mol. The Bertz CT molecular complexity index is 456. The Morgan fingerprint density at radius 3 is 2.44 bits per heavy atom. The van der Waals surface area contributed by atoms with E-state index in [4.69, 9.17) is 0 Å². The fourth-order valence-corrected chi connectivity index (χ4v) is 1.58. The van der Waals surface area contributed by atoms with Gasteiger partial charge in [0.1, 0.15) is 0 Å². The van der Waals surface area contributed by atoms with E-state index in [1.54, 1.807) is 19.1 Å². The Morgan fingerprint density at radius 2 is 1.94 bits per heavy atom. The molecule has 0 unspecified atom stereocenters. The maximum absolute atomic E-state index is 10.8. The van der Waals surface area contributed by atoms with Crippen molar-refractivity contribution in [3.05, 3.63) is 33.4 Å². The third-order valence-electron chi connectivity index (χ3n) is 2.93. The molecule has 0 heterocycles. The van der Waals surface area contributed by atoms with Crippen molar-refractivity contribution in [1.82, 2.24) is 0 Å². The van der Waals surface area contributed by atoms with E-state index in [1.807, 2.05) is 20.8 Å². The van der Waals surface area contributed by atoms with Crippen LogP contribution in [0.15, 0.2) is 12.1 Å². The average molecular weight is 252 g/mol. The number of aliphatic hydroxyl groups excluding tert-OH is 1. The van der Waals surface area contributed by atoms with Crippen LogP contribution in [0, 0.1) is 29.4 Å². The summed E-state index contributed by atoms with van der Waals surface area (Å²) in [5.74, 6) is 0. The van der Waals surface area contributed by atoms with Gasteiger partial charge in [0.15, 0.2) is 0 Å². The second-order valence-corrected chi connectivity index (χ2v) is 5.39. The van der Waals surface area contributed by atoms with Gasteiger partial charge in [-0.2, -0.15) is 0 Å². The summed E-state index contributed by atoms with van der Waals surface area (Å²) in [7, 11) is 0. The average Bonchev–Trinajstić information content (AvgIpc) is 2.29. The van der Waals surface area contributed by atoms with E-state index in [0.29, 0.717) is 12.1 Å². The van der Waals surface area contributed by atoms with Crippen LogP contribution in [0.1, 0.15) is 25.0 Å². The first-order chi connectivity index (χ1) is 8.26. The van der Waals surface area contributed by atoms with Gasteiger partial charge in [-0.1, -0.05) is 13.8 Å². The van der Waals surface area contributed by atoms with Gasteiger partial charge >= 0.3 is 0 Å². The minimum atomic E-state index is -0.371. The molecule has 0 aromatic heterocycles. The van der Waals surface area contributed by atoms with Gasteiger partial charge in [0.05, 0.1) is 4.92 Å². The maximum Gasteiger partial charge on any atom is 0.272 e. The third kappa shape index (κ3) is 3.43. The lowest BCUT2D eigenvalue weighted by Gasteiger charge is -2.23. The van der Waals surface area contributed by atoms with Gasteiger partial charge in [0.25, 0.3) is 5.69 Å². The zero-order valence-electron chi connectivity index (χ0n) is 11.3. The van der Waals surface area contributed by atoms with Crippen LogP contribution < -0.4 is 5.32 Å². The molecule has 0 spiro atoms. The maximum atomic E-state index is 10.8. The molecule has 0 saturated heterocycles.